The van der Waals surface area contributed by atoms with Crippen LogP contribution in [0, 0.1) is 5.82 Å². The number of halogens is 1. The largest absolute Gasteiger partial charge is 0.497 e. The van der Waals surface area contributed by atoms with Crippen molar-refractivity contribution < 1.29 is 23.5 Å². The number of nitrogens with zero attached hydrogens (tertiary/aromatic N) is 3. The van der Waals surface area contributed by atoms with Gasteiger partial charge in [0.15, 0.2) is 0 Å². The molecule has 0 aromatic heterocycles. The Morgan fingerprint density at radius 1 is 1.26 bits per heavy atom. The number of carbonyl (C=O) groups is 3. The van der Waals surface area contributed by atoms with Crippen molar-refractivity contribution in [2.75, 3.05) is 31.0 Å². The summed E-state index contributed by atoms with van der Waals surface area (Å²) in [6.45, 7) is -0.229. The SMILES string of the molecule is COc1cccc(NC(=O)CN(C)C(=O)C2=NN(c3ccc(F)cc3)C(C(N)=O)C2)c1. The van der Waals surface area contributed by atoms with Crippen molar-refractivity contribution in [2.45, 2.75) is 12.5 Å². The Hall–Kier alpha value is -3.95. The van der Waals surface area contributed by atoms with Crippen LogP contribution in [0.25, 0.3) is 0 Å². The number of ether oxygens (including phenoxy) is 1. The quantitative estimate of drug-likeness (QED) is 0.692. The lowest BCUT2D eigenvalue weighted by Crippen LogP contribution is -2.41. The van der Waals surface area contributed by atoms with Gasteiger partial charge in [0.05, 0.1) is 19.3 Å². The number of methoxy groups -OCH3 is 1. The number of hydrazone groups is 1. The van der Waals surface area contributed by atoms with Gasteiger partial charge in [0.1, 0.15) is 23.3 Å². The molecule has 31 heavy (non-hydrogen) atoms. The van der Waals surface area contributed by atoms with Gasteiger partial charge in [-0.1, -0.05) is 6.07 Å². The van der Waals surface area contributed by atoms with Crippen LogP contribution in [0.1, 0.15) is 6.42 Å². The van der Waals surface area contributed by atoms with Crippen LogP contribution in [-0.4, -0.2) is 55.1 Å². The summed E-state index contributed by atoms with van der Waals surface area (Å²) in [5.41, 5.74) is 6.48. The Bertz CT molecular complexity index is 1020. The molecule has 0 fully saturated rings. The molecule has 3 rings (SSSR count). The molecular formula is C21H22FN5O4. The second-order valence-corrected chi connectivity index (χ2v) is 6.93. The number of carbonyl (C=O) groups excluding carboxylic acids is 3. The normalized spacial score (nSPS) is 15.3. The second kappa shape index (κ2) is 9.24. The lowest BCUT2D eigenvalue weighted by molar-refractivity contribution is -0.127. The van der Waals surface area contributed by atoms with Gasteiger partial charge in [-0.2, -0.15) is 5.10 Å². The van der Waals surface area contributed by atoms with Crippen molar-refractivity contribution in [3.8, 4) is 5.75 Å². The second-order valence-electron chi connectivity index (χ2n) is 6.93. The van der Waals surface area contributed by atoms with E-state index in [-0.39, 0.29) is 18.7 Å². The lowest BCUT2D eigenvalue weighted by atomic mass is 10.1. The fourth-order valence-corrected chi connectivity index (χ4v) is 3.10. The van der Waals surface area contributed by atoms with Crippen LogP contribution in [0.15, 0.2) is 53.6 Å². The highest BCUT2D eigenvalue weighted by Gasteiger charge is 2.36. The molecule has 1 aliphatic heterocycles. The Kier molecular flexibility index (Phi) is 6.49. The van der Waals surface area contributed by atoms with E-state index < -0.39 is 29.6 Å². The number of likely N-dealkylation sites (N-methyl/N-ethyl adjacent to an activating group) is 1. The molecule has 1 aliphatic rings. The predicted molar refractivity (Wildman–Crippen MR) is 113 cm³/mol. The molecule has 0 spiro atoms. The molecule has 1 atom stereocenters. The summed E-state index contributed by atoms with van der Waals surface area (Å²) in [5, 5.41) is 8.19. The van der Waals surface area contributed by atoms with E-state index in [2.05, 4.69) is 10.4 Å². The summed E-state index contributed by atoms with van der Waals surface area (Å²) in [4.78, 5) is 38.2. The third-order valence-corrected chi connectivity index (χ3v) is 4.66. The molecule has 9 nitrogen and oxygen atoms in total. The number of benzene rings is 2. The van der Waals surface area contributed by atoms with E-state index in [1.165, 1.54) is 48.3 Å². The molecule has 162 valence electrons. The molecule has 0 bridgehead atoms. The summed E-state index contributed by atoms with van der Waals surface area (Å²) >= 11 is 0. The van der Waals surface area contributed by atoms with Gasteiger partial charge in [0, 0.05) is 25.2 Å². The van der Waals surface area contributed by atoms with Crippen molar-refractivity contribution in [3.63, 3.8) is 0 Å². The minimum Gasteiger partial charge on any atom is -0.497 e. The number of anilines is 2. The first-order chi connectivity index (χ1) is 14.8. The predicted octanol–water partition coefficient (Wildman–Crippen LogP) is 1.35. The third kappa shape index (κ3) is 5.16. The molecule has 2 aromatic carbocycles. The third-order valence-electron chi connectivity index (χ3n) is 4.66. The maximum absolute atomic E-state index is 13.2. The molecule has 2 aromatic rings. The molecule has 10 heteroatoms. The summed E-state index contributed by atoms with van der Waals surface area (Å²) in [6.07, 6.45) is -0.0205. The smallest absolute Gasteiger partial charge is 0.270 e. The first-order valence-corrected chi connectivity index (χ1v) is 9.39. The minimum absolute atomic E-state index is 0.0205. The Labute approximate surface area is 178 Å². The maximum atomic E-state index is 13.2. The number of nitrogens with two attached hydrogens (primary N) is 1. The average Bonchev–Trinajstić information content (AvgIpc) is 3.19. The molecule has 0 radical (unpaired) electrons. The molecule has 0 aliphatic carbocycles. The van der Waals surface area contributed by atoms with Gasteiger partial charge in [-0.15, -0.1) is 0 Å². The number of amides is 3. The van der Waals surface area contributed by atoms with E-state index >= 15 is 0 Å². The fraction of sp³-hybridized carbons (Fsp3) is 0.238. The topological polar surface area (TPSA) is 117 Å². The van der Waals surface area contributed by atoms with Crippen molar-refractivity contribution in [2.24, 2.45) is 10.8 Å². The van der Waals surface area contributed by atoms with Gasteiger partial charge < -0.3 is 20.7 Å². The zero-order valence-electron chi connectivity index (χ0n) is 17.0. The van der Waals surface area contributed by atoms with E-state index in [9.17, 15) is 18.8 Å². The highest BCUT2D eigenvalue weighted by molar-refractivity contribution is 6.40. The van der Waals surface area contributed by atoms with E-state index in [1.54, 1.807) is 24.3 Å². The average molecular weight is 427 g/mol. The number of hydrogen-bond donors (Lipinski definition) is 2. The van der Waals surface area contributed by atoms with E-state index in [4.69, 9.17) is 10.5 Å². The highest BCUT2D eigenvalue weighted by Crippen LogP contribution is 2.25. The fourth-order valence-electron chi connectivity index (χ4n) is 3.10. The first-order valence-electron chi connectivity index (χ1n) is 9.39. The zero-order chi connectivity index (χ0) is 22.5. The Morgan fingerprint density at radius 2 is 1.97 bits per heavy atom. The van der Waals surface area contributed by atoms with Crippen LogP contribution in [0.5, 0.6) is 5.75 Å². The number of hydrogen-bond acceptors (Lipinski definition) is 6. The molecular weight excluding hydrogens is 405 g/mol. The molecule has 1 heterocycles. The monoisotopic (exact) mass is 427 g/mol. The molecule has 0 saturated carbocycles. The van der Waals surface area contributed by atoms with Crippen molar-refractivity contribution in [1.29, 1.82) is 0 Å². The van der Waals surface area contributed by atoms with Gasteiger partial charge in [0.2, 0.25) is 11.8 Å². The highest BCUT2D eigenvalue weighted by atomic mass is 19.1. The Morgan fingerprint density at radius 3 is 2.61 bits per heavy atom. The lowest BCUT2D eigenvalue weighted by Gasteiger charge is -2.20. The van der Waals surface area contributed by atoms with Gasteiger partial charge in [-0.3, -0.25) is 19.4 Å². The molecule has 3 N–H and O–H groups in total. The van der Waals surface area contributed by atoms with Crippen molar-refractivity contribution >= 4 is 34.8 Å². The van der Waals surface area contributed by atoms with Gasteiger partial charge in [-0.25, -0.2) is 4.39 Å². The zero-order valence-corrected chi connectivity index (χ0v) is 17.0. The Balaban J connectivity index is 1.68. The number of rotatable bonds is 7. The van der Waals surface area contributed by atoms with Crippen molar-refractivity contribution in [3.05, 3.63) is 54.3 Å². The van der Waals surface area contributed by atoms with Gasteiger partial charge >= 0.3 is 0 Å². The van der Waals surface area contributed by atoms with Crippen LogP contribution in [0.2, 0.25) is 0 Å². The van der Waals surface area contributed by atoms with Crippen LogP contribution in [0.4, 0.5) is 15.8 Å². The van der Waals surface area contributed by atoms with Crippen LogP contribution < -0.4 is 20.8 Å². The number of nitrogens with one attached hydrogen (secondary N) is 1. The molecule has 1 unspecified atom stereocenters. The van der Waals surface area contributed by atoms with Crippen molar-refractivity contribution in [1.82, 2.24) is 4.90 Å². The van der Waals surface area contributed by atoms with Crippen LogP contribution in [-0.2, 0) is 14.4 Å². The summed E-state index contributed by atoms with van der Waals surface area (Å²) < 4.78 is 18.3. The first kappa shape index (κ1) is 21.8. The summed E-state index contributed by atoms with van der Waals surface area (Å²) in [6, 6.07) is 11.2. The van der Waals surface area contributed by atoms with Gasteiger partial charge in [0.25, 0.3) is 5.91 Å². The van der Waals surface area contributed by atoms with E-state index in [0.717, 1.165) is 0 Å². The minimum atomic E-state index is -0.886. The summed E-state index contributed by atoms with van der Waals surface area (Å²) in [7, 11) is 2.97. The van der Waals surface area contributed by atoms with E-state index in [1.807, 2.05) is 0 Å². The molecule has 0 saturated heterocycles. The summed E-state index contributed by atoms with van der Waals surface area (Å²) in [5.74, 6) is -1.46. The molecule has 3 amide bonds. The standard InChI is InChI=1S/C21H22FN5O4/c1-26(12-19(28)24-14-4-3-5-16(10-14)31-2)21(30)17-11-18(20(23)29)27(25-17)15-8-6-13(22)7-9-15/h3-10,18H,11-12H2,1-2H3,(H2,23,29)(H,24,28). The van der Waals surface area contributed by atoms with Crippen LogP contribution in [0.3, 0.4) is 0 Å². The van der Waals surface area contributed by atoms with E-state index in [0.29, 0.717) is 17.1 Å². The number of primary amides is 1. The maximum Gasteiger partial charge on any atom is 0.270 e. The van der Waals surface area contributed by atoms with Gasteiger partial charge in [-0.05, 0) is 36.4 Å². The van der Waals surface area contributed by atoms with Crippen LogP contribution >= 0.6 is 0 Å².